The third-order valence-corrected chi connectivity index (χ3v) is 7.75. The number of ether oxygens (including phenoxy) is 1. The normalized spacial score (nSPS) is 50.5. The molecule has 6 atom stereocenters. The van der Waals surface area contributed by atoms with Crippen molar-refractivity contribution in [1.82, 2.24) is 0 Å². The Morgan fingerprint density at radius 2 is 1.86 bits per heavy atom. The van der Waals surface area contributed by atoms with Gasteiger partial charge in [0.25, 0.3) is 0 Å². The molecule has 0 unspecified atom stereocenters. The number of hydrogen-bond acceptors (Lipinski definition) is 2. The molecule has 0 aromatic carbocycles. The van der Waals surface area contributed by atoms with E-state index in [2.05, 4.69) is 26.0 Å². The number of allylic oxidation sites excluding steroid dienone is 1. The quantitative estimate of drug-likeness (QED) is 0.734. The van der Waals surface area contributed by atoms with Crippen LogP contribution in [-0.4, -0.2) is 24.4 Å². The van der Waals surface area contributed by atoms with Gasteiger partial charge in [-0.2, -0.15) is 0 Å². The van der Waals surface area contributed by atoms with Gasteiger partial charge >= 0.3 is 0 Å². The minimum atomic E-state index is -0.147. The second-order valence-electron chi connectivity index (χ2n) is 8.56. The average molecular weight is 302 g/mol. The molecule has 122 valence electrons. The Morgan fingerprint density at radius 1 is 1.09 bits per heavy atom. The van der Waals surface area contributed by atoms with Gasteiger partial charge in [-0.15, -0.1) is 0 Å². The Balaban J connectivity index is 1.67. The van der Waals surface area contributed by atoms with Crippen molar-refractivity contribution >= 4 is 0 Å². The van der Waals surface area contributed by atoms with Crippen molar-refractivity contribution in [2.75, 3.05) is 7.11 Å². The van der Waals surface area contributed by atoms with E-state index in [1.807, 2.05) is 7.11 Å². The standard InChI is InChI=1S/C20H30O2/c1-19-10-8-14(22-3)12-13(19)4-5-15-16-6-7-18(21)20(16,2)11-9-17(15)19/h4,6,14-15,17-18,21H,5,7-12H2,1-3H3/t14-,15-,17-,18-,19-,20-/m0/s1. The van der Waals surface area contributed by atoms with Gasteiger partial charge in [0.15, 0.2) is 0 Å². The van der Waals surface area contributed by atoms with Crippen molar-refractivity contribution in [2.45, 2.75) is 71.0 Å². The Labute approximate surface area is 134 Å². The number of fused-ring (bicyclic) bond motifs is 5. The zero-order valence-corrected chi connectivity index (χ0v) is 14.3. The number of hydrogen-bond donors (Lipinski definition) is 1. The first-order chi connectivity index (χ1) is 10.5. The predicted molar refractivity (Wildman–Crippen MR) is 88.5 cm³/mol. The van der Waals surface area contributed by atoms with Crippen molar-refractivity contribution in [1.29, 1.82) is 0 Å². The number of methoxy groups -OCH3 is 1. The minimum Gasteiger partial charge on any atom is -0.392 e. The smallest absolute Gasteiger partial charge is 0.0665 e. The van der Waals surface area contributed by atoms with E-state index in [-0.39, 0.29) is 11.5 Å². The largest absolute Gasteiger partial charge is 0.392 e. The first-order valence-corrected chi connectivity index (χ1v) is 9.10. The molecule has 2 heteroatoms. The van der Waals surface area contributed by atoms with Crippen LogP contribution in [0, 0.1) is 22.7 Å². The highest BCUT2D eigenvalue weighted by Gasteiger charge is 2.55. The molecule has 0 saturated heterocycles. The Kier molecular flexibility index (Phi) is 3.36. The molecule has 0 aromatic heterocycles. The molecule has 4 rings (SSSR count). The van der Waals surface area contributed by atoms with Crippen LogP contribution >= 0.6 is 0 Å². The molecule has 4 aliphatic carbocycles. The SMILES string of the molecule is CO[C@H]1CC[C@@]2(C)C(=CC[C@H]3C4=CC[C@H](O)[C@@]4(C)CC[C@@H]32)C1. The van der Waals surface area contributed by atoms with Crippen LogP contribution in [0.25, 0.3) is 0 Å². The first kappa shape index (κ1) is 15.0. The summed E-state index contributed by atoms with van der Waals surface area (Å²) in [5.41, 5.74) is 3.68. The zero-order valence-electron chi connectivity index (χ0n) is 14.3. The Hall–Kier alpha value is -0.600. The van der Waals surface area contributed by atoms with Crippen LogP contribution in [0.15, 0.2) is 23.3 Å². The van der Waals surface area contributed by atoms with Gasteiger partial charge in [-0.25, -0.2) is 0 Å². The third kappa shape index (κ3) is 1.86. The molecule has 0 bridgehead atoms. The van der Waals surface area contributed by atoms with E-state index in [4.69, 9.17) is 4.74 Å². The van der Waals surface area contributed by atoms with Gasteiger partial charge in [-0.05, 0) is 62.2 Å². The highest BCUT2D eigenvalue weighted by molar-refractivity contribution is 5.34. The molecule has 1 N–H and O–H groups in total. The van der Waals surface area contributed by atoms with Crippen LogP contribution in [0.3, 0.4) is 0 Å². The molecule has 0 aliphatic heterocycles. The lowest BCUT2D eigenvalue weighted by molar-refractivity contribution is -0.00991. The second kappa shape index (κ2) is 4.95. The maximum absolute atomic E-state index is 10.5. The van der Waals surface area contributed by atoms with E-state index in [0.717, 1.165) is 25.2 Å². The molecule has 2 fully saturated rings. The molecule has 22 heavy (non-hydrogen) atoms. The molecule has 0 aromatic rings. The summed E-state index contributed by atoms with van der Waals surface area (Å²) >= 11 is 0. The zero-order chi connectivity index (χ0) is 15.5. The molecule has 2 nitrogen and oxygen atoms in total. The van der Waals surface area contributed by atoms with Crippen LogP contribution < -0.4 is 0 Å². The van der Waals surface area contributed by atoms with Crippen molar-refractivity contribution in [3.8, 4) is 0 Å². The summed E-state index contributed by atoms with van der Waals surface area (Å²) in [5.74, 6) is 1.44. The topological polar surface area (TPSA) is 29.5 Å². The van der Waals surface area contributed by atoms with Gasteiger partial charge in [-0.3, -0.25) is 0 Å². The third-order valence-electron chi connectivity index (χ3n) is 7.75. The van der Waals surface area contributed by atoms with Crippen LogP contribution in [-0.2, 0) is 4.74 Å². The van der Waals surface area contributed by atoms with Crippen molar-refractivity contribution in [3.63, 3.8) is 0 Å². The first-order valence-electron chi connectivity index (χ1n) is 9.10. The Bertz CT molecular complexity index is 534. The lowest BCUT2D eigenvalue weighted by atomic mass is 9.49. The second-order valence-corrected chi connectivity index (χ2v) is 8.56. The van der Waals surface area contributed by atoms with E-state index in [9.17, 15) is 5.11 Å². The molecular formula is C20H30O2. The maximum Gasteiger partial charge on any atom is 0.0665 e. The predicted octanol–water partition coefficient (Wildman–Crippen LogP) is 4.25. The van der Waals surface area contributed by atoms with E-state index in [1.54, 1.807) is 11.1 Å². The van der Waals surface area contributed by atoms with Crippen LogP contribution in [0.4, 0.5) is 0 Å². The molecule has 0 radical (unpaired) electrons. The summed E-state index contributed by atoms with van der Waals surface area (Å²) in [6.45, 7) is 4.81. The average Bonchev–Trinajstić information content (AvgIpc) is 2.82. The lowest BCUT2D eigenvalue weighted by Crippen LogP contribution is -2.48. The Morgan fingerprint density at radius 3 is 2.64 bits per heavy atom. The lowest BCUT2D eigenvalue weighted by Gasteiger charge is -2.56. The van der Waals surface area contributed by atoms with Gasteiger partial charge < -0.3 is 9.84 Å². The van der Waals surface area contributed by atoms with E-state index >= 15 is 0 Å². The number of rotatable bonds is 1. The summed E-state index contributed by atoms with van der Waals surface area (Å²) in [6, 6.07) is 0. The van der Waals surface area contributed by atoms with Gasteiger partial charge in [0, 0.05) is 12.5 Å². The number of aliphatic hydroxyl groups excluding tert-OH is 1. The molecule has 0 spiro atoms. The van der Waals surface area contributed by atoms with Crippen molar-refractivity contribution < 1.29 is 9.84 Å². The molecule has 0 amide bonds. The van der Waals surface area contributed by atoms with E-state index in [1.165, 1.54) is 25.7 Å². The van der Waals surface area contributed by atoms with E-state index in [0.29, 0.717) is 17.4 Å². The van der Waals surface area contributed by atoms with Gasteiger partial charge in [0.05, 0.1) is 12.2 Å². The summed E-state index contributed by atoms with van der Waals surface area (Å²) < 4.78 is 5.64. The molecule has 0 heterocycles. The summed E-state index contributed by atoms with van der Waals surface area (Å²) in [5, 5.41) is 10.5. The fourth-order valence-electron chi connectivity index (χ4n) is 6.15. The molecular weight excluding hydrogens is 272 g/mol. The monoisotopic (exact) mass is 302 g/mol. The van der Waals surface area contributed by atoms with Crippen LogP contribution in [0.1, 0.15) is 58.8 Å². The highest BCUT2D eigenvalue weighted by atomic mass is 16.5. The van der Waals surface area contributed by atoms with Gasteiger partial charge in [0.1, 0.15) is 0 Å². The molecule has 4 aliphatic rings. The highest BCUT2D eigenvalue weighted by Crippen LogP contribution is 2.63. The maximum atomic E-state index is 10.5. The van der Waals surface area contributed by atoms with Gasteiger partial charge in [-0.1, -0.05) is 37.1 Å². The van der Waals surface area contributed by atoms with E-state index < -0.39 is 0 Å². The summed E-state index contributed by atoms with van der Waals surface area (Å²) in [7, 11) is 1.86. The summed E-state index contributed by atoms with van der Waals surface area (Å²) in [4.78, 5) is 0. The minimum absolute atomic E-state index is 0.0621. The van der Waals surface area contributed by atoms with Crippen molar-refractivity contribution in [3.05, 3.63) is 23.3 Å². The van der Waals surface area contributed by atoms with Gasteiger partial charge in [0.2, 0.25) is 0 Å². The van der Waals surface area contributed by atoms with Crippen molar-refractivity contribution in [2.24, 2.45) is 22.7 Å². The number of aliphatic hydroxyl groups is 1. The summed E-state index contributed by atoms with van der Waals surface area (Å²) in [6.07, 6.45) is 13.3. The molecule has 2 saturated carbocycles. The van der Waals surface area contributed by atoms with Crippen LogP contribution in [0.2, 0.25) is 0 Å². The fourth-order valence-corrected chi connectivity index (χ4v) is 6.15. The van der Waals surface area contributed by atoms with Crippen LogP contribution in [0.5, 0.6) is 0 Å². The fraction of sp³-hybridized carbons (Fsp3) is 0.800.